The average Bonchev–Trinajstić information content (AvgIpc) is 2.59. The molecule has 1 aliphatic rings. The molecule has 2 atom stereocenters. The van der Waals surface area contributed by atoms with Gasteiger partial charge in [0.2, 0.25) is 5.88 Å². The van der Waals surface area contributed by atoms with Crippen LogP contribution >= 0.6 is 0 Å². The van der Waals surface area contributed by atoms with Gasteiger partial charge in [0, 0.05) is 12.3 Å². The Labute approximate surface area is 90.4 Å². The lowest BCUT2D eigenvalue weighted by Gasteiger charge is -2.12. The van der Waals surface area contributed by atoms with Crippen LogP contribution in [0, 0.1) is 0 Å². The fourth-order valence-electron chi connectivity index (χ4n) is 1.38. The van der Waals surface area contributed by atoms with Gasteiger partial charge >= 0.3 is 5.69 Å². The second-order valence-corrected chi connectivity index (χ2v) is 3.34. The number of nitrogens with zero attached hydrogens (tertiary/aromatic N) is 2. The molecule has 0 aromatic carbocycles. The van der Waals surface area contributed by atoms with E-state index in [-0.39, 0.29) is 18.3 Å². The normalized spacial score (nSPS) is 24.0. The van der Waals surface area contributed by atoms with Gasteiger partial charge in [-0.1, -0.05) is 0 Å². The lowest BCUT2D eigenvalue weighted by Crippen LogP contribution is -2.27. The molecule has 0 saturated heterocycles. The van der Waals surface area contributed by atoms with Crippen molar-refractivity contribution in [3.05, 3.63) is 28.8 Å². The van der Waals surface area contributed by atoms with E-state index in [1.54, 1.807) is 0 Å². The molecule has 86 valence electrons. The van der Waals surface area contributed by atoms with Gasteiger partial charge in [-0.05, 0) is 6.07 Å². The summed E-state index contributed by atoms with van der Waals surface area (Å²) in [7, 11) is 0. The first kappa shape index (κ1) is 10.7. The summed E-state index contributed by atoms with van der Waals surface area (Å²) in [6.07, 6.45) is 1.03. The highest BCUT2D eigenvalue weighted by molar-refractivity contribution is 5.42. The lowest BCUT2D eigenvalue weighted by atomic mass is 10.2. The van der Waals surface area contributed by atoms with E-state index in [1.807, 2.05) is 0 Å². The molecule has 0 amide bonds. The molecule has 0 unspecified atom stereocenters. The second kappa shape index (κ2) is 3.95. The second-order valence-electron chi connectivity index (χ2n) is 3.34. The van der Waals surface area contributed by atoms with Crippen LogP contribution in [0.3, 0.4) is 0 Å². The number of aliphatic hydroxyl groups excluding tert-OH is 2. The Hall–Kier alpha value is -1.86. The maximum atomic E-state index is 11.4. The highest BCUT2D eigenvalue weighted by Gasteiger charge is 2.28. The Morgan fingerprint density at radius 1 is 1.62 bits per heavy atom. The molecule has 2 heterocycles. The first-order valence-corrected chi connectivity index (χ1v) is 4.65. The molecule has 7 nitrogen and oxygen atoms in total. The summed E-state index contributed by atoms with van der Waals surface area (Å²) >= 11 is 0. The Morgan fingerprint density at radius 2 is 2.38 bits per heavy atom. The van der Waals surface area contributed by atoms with Crippen LogP contribution in [0.2, 0.25) is 0 Å². The highest BCUT2D eigenvalue weighted by Crippen LogP contribution is 2.19. The van der Waals surface area contributed by atoms with Gasteiger partial charge in [-0.3, -0.25) is 0 Å². The molecule has 0 saturated carbocycles. The Kier molecular flexibility index (Phi) is 2.63. The Bertz CT molecular complexity index is 482. The molecule has 16 heavy (non-hydrogen) atoms. The third-order valence-electron chi connectivity index (χ3n) is 2.21. The molecular formula is C9H11N3O4. The maximum Gasteiger partial charge on any atom is 0.356 e. The predicted octanol–water partition coefficient (Wildman–Crippen LogP) is -1.62. The van der Waals surface area contributed by atoms with E-state index in [0.717, 1.165) is 4.57 Å². The molecule has 0 aliphatic carbocycles. The lowest BCUT2D eigenvalue weighted by molar-refractivity contribution is 0.0254. The smallest absolute Gasteiger partial charge is 0.356 e. The summed E-state index contributed by atoms with van der Waals surface area (Å²) in [6.45, 7) is -0.335. The number of anilines is 1. The summed E-state index contributed by atoms with van der Waals surface area (Å²) in [5.41, 5.74) is 4.73. The van der Waals surface area contributed by atoms with E-state index in [4.69, 9.17) is 15.6 Å². The topological polar surface area (TPSA) is 111 Å². The summed E-state index contributed by atoms with van der Waals surface area (Å²) in [5.74, 6) is 0.253. The molecule has 1 aromatic heterocycles. The molecule has 1 aliphatic heterocycles. The predicted molar refractivity (Wildman–Crippen MR) is 55.1 cm³/mol. The van der Waals surface area contributed by atoms with Crippen molar-refractivity contribution in [3.63, 3.8) is 0 Å². The number of ether oxygens (including phenoxy) is 1. The van der Waals surface area contributed by atoms with E-state index in [0.29, 0.717) is 0 Å². The monoisotopic (exact) mass is 225 g/mol. The van der Waals surface area contributed by atoms with Crippen molar-refractivity contribution >= 4 is 11.7 Å². The van der Waals surface area contributed by atoms with Crippen molar-refractivity contribution in [2.45, 2.75) is 12.2 Å². The summed E-state index contributed by atoms with van der Waals surface area (Å²) in [6, 6.07) is 1.43. The van der Waals surface area contributed by atoms with Gasteiger partial charge < -0.3 is 20.7 Å². The zero-order chi connectivity index (χ0) is 11.7. The molecule has 4 N–H and O–H groups in total. The van der Waals surface area contributed by atoms with E-state index in [1.165, 1.54) is 18.3 Å². The minimum absolute atomic E-state index is 0.110. The van der Waals surface area contributed by atoms with Gasteiger partial charge in [0.05, 0.1) is 6.61 Å². The molecule has 0 fully saturated rings. The standard InChI is InChI=1S/C9H11N3O4/c10-7-1-2-12(9(15)11-7)8-3-5(14)6(4-13)16-8/h1-3,5-6,13-14H,4H2,(H2,10,11,15)/t5-,6+/m0/s1. The van der Waals surface area contributed by atoms with E-state index >= 15 is 0 Å². The van der Waals surface area contributed by atoms with Crippen molar-refractivity contribution in [2.75, 3.05) is 12.3 Å². The number of aromatic nitrogens is 2. The van der Waals surface area contributed by atoms with Gasteiger partial charge in [0.15, 0.2) is 6.10 Å². The van der Waals surface area contributed by atoms with Gasteiger partial charge in [0.1, 0.15) is 11.9 Å². The van der Waals surface area contributed by atoms with Gasteiger partial charge in [-0.2, -0.15) is 4.98 Å². The fraction of sp³-hybridized carbons (Fsp3) is 0.333. The van der Waals surface area contributed by atoms with Crippen LogP contribution in [0.4, 0.5) is 5.82 Å². The van der Waals surface area contributed by atoms with Crippen LogP contribution in [-0.2, 0) is 4.74 Å². The molecule has 0 radical (unpaired) electrons. The number of rotatable bonds is 2. The third-order valence-corrected chi connectivity index (χ3v) is 2.21. The van der Waals surface area contributed by atoms with Crippen LogP contribution in [0.5, 0.6) is 0 Å². The van der Waals surface area contributed by atoms with Crippen molar-refractivity contribution in [1.29, 1.82) is 0 Å². The Morgan fingerprint density at radius 3 is 2.94 bits per heavy atom. The van der Waals surface area contributed by atoms with Crippen LogP contribution in [-0.4, -0.2) is 38.6 Å². The highest BCUT2D eigenvalue weighted by atomic mass is 16.5. The van der Waals surface area contributed by atoms with Crippen LogP contribution in [0.25, 0.3) is 5.88 Å². The van der Waals surface area contributed by atoms with Crippen LogP contribution < -0.4 is 11.4 Å². The minimum atomic E-state index is -0.940. The number of hydrogen-bond acceptors (Lipinski definition) is 6. The summed E-state index contributed by atoms with van der Waals surface area (Å²) < 4.78 is 6.28. The zero-order valence-corrected chi connectivity index (χ0v) is 8.28. The fourth-order valence-corrected chi connectivity index (χ4v) is 1.38. The van der Waals surface area contributed by atoms with Crippen molar-refractivity contribution in [1.82, 2.24) is 9.55 Å². The van der Waals surface area contributed by atoms with Crippen LogP contribution in [0.1, 0.15) is 0 Å². The largest absolute Gasteiger partial charge is 0.470 e. The van der Waals surface area contributed by atoms with E-state index in [9.17, 15) is 9.90 Å². The van der Waals surface area contributed by atoms with Crippen molar-refractivity contribution < 1.29 is 14.9 Å². The van der Waals surface area contributed by atoms with E-state index in [2.05, 4.69) is 4.98 Å². The Balaban J connectivity index is 2.33. The van der Waals surface area contributed by atoms with Crippen molar-refractivity contribution in [2.24, 2.45) is 0 Å². The minimum Gasteiger partial charge on any atom is -0.470 e. The molecule has 0 bridgehead atoms. The molecular weight excluding hydrogens is 214 g/mol. The first-order valence-electron chi connectivity index (χ1n) is 4.65. The number of nitrogen functional groups attached to an aromatic ring is 1. The molecule has 1 aromatic rings. The first-order chi connectivity index (χ1) is 7.61. The summed E-state index contributed by atoms with van der Waals surface area (Å²) in [4.78, 5) is 14.9. The van der Waals surface area contributed by atoms with Crippen LogP contribution in [0.15, 0.2) is 23.1 Å². The number of nitrogens with two attached hydrogens (primary N) is 1. The third kappa shape index (κ3) is 1.77. The SMILES string of the molecule is Nc1ccn(C2=C[C@H](O)[C@@H](CO)O2)c(=O)n1. The zero-order valence-electron chi connectivity index (χ0n) is 8.28. The number of hydrogen-bond donors (Lipinski definition) is 3. The van der Waals surface area contributed by atoms with E-state index < -0.39 is 17.9 Å². The van der Waals surface area contributed by atoms with Gasteiger partial charge in [0.25, 0.3) is 0 Å². The summed E-state index contributed by atoms with van der Waals surface area (Å²) in [5, 5.41) is 18.3. The molecule has 7 heteroatoms. The van der Waals surface area contributed by atoms with Gasteiger partial charge in [-0.15, -0.1) is 0 Å². The molecule has 2 rings (SSSR count). The maximum absolute atomic E-state index is 11.4. The number of aliphatic hydroxyl groups is 2. The van der Waals surface area contributed by atoms with Crippen molar-refractivity contribution in [3.8, 4) is 0 Å². The quantitative estimate of drug-likeness (QED) is 0.557. The average molecular weight is 225 g/mol. The van der Waals surface area contributed by atoms with Gasteiger partial charge in [-0.25, -0.2) is 9.36 Å². The molecule has 0 spiro atoms.